The van der Waals surface area contributed by atoms with Gasteiger partial charge in [0, 0.05) is 25.6 Å². The van der Waals surface area contributed by atoms with Crippen LogP contribution in [0.1, 0.15) is 130 Å². The molecule has 0 saturated carbocycles. The summed E-state index contributed by atoms with van der Waals surface area (Å²) < 4.78 is 12.6. The van der Waals surface area contributed by atoms with E-state index in [1.807, 2.05) is 0 Å². The van der Waals surface area contributed by atoms with Gasteiger partial charge in [-0.25, -0.2) is 0 Å². The normalized spacial score (nSPS) is 13.0. The first-order valence-corrected chi connectivity index (χ1v) is 12.6. The Morgan fingerprint density at radius 3 is 1.50 bits per heavy atom. The van der Waals surface area contributed by atoms with Crippen molar-refractivity contribution in [1.82, 2.24) is 0 Å². The molecule has 0 aromatic rings. The second-order valence-corrected chi connectivity index (χ2v) is 8.30. The molecule has 0 bridgehead atoms. The highest BCUT2D eigenvalue weighted by Crippen LogP contribution is 2.35. The molecule has 0 amide bonds. The van der Waals surface area contributed by atoms with Crippen LogP contribution in [0.5, 0.6) is 0 Å². The van der Waals surface area contributed by atoms with Gasteiger partial charge in [0.15, 0.2) is 5.79 Å². The SMILES string of the molecule is C=CC(CCCCCCCC)C(CCCCCCCCCC)(OCC)OCC. The second kappa shape index (κ2) is 20.0. The van der Waals surface area contributed by atoms with Crippen LogP contribution in [-0.4, -0.2) is 19.0 Å². The molecule has 1 atom stereocenters. The molecule has 28 heavy (non-hydrogen) atoms. The topological polar surface area (TPSA) is 18.5 Å². The Kier molecular flexibility index (Phi) is 19.7. The van der Waals surface area contributed by atoms with Gasteiger partial charge in [-0.3, -0.25) is 0 Å². The van der Waals surface area contributed by atoms with E-state index in [0.717, 1.165) is 12.8 Å². The number of hydrogen-bond donors (Lipinski definition) is 0. The van der Waals surface area contributed by atoms with Crippen LogP contribution in [0.3, 0.4) is 0 Å². The largest absolute Gasteiger partial charge is 0.350 e. The van der Waals surface area contributed by atoms with Crippen LogP contribution in [0.2, 0.25) is 0 Å². The van der Waals surface area contributed by atoms with E-state index in [0.29, 0.717) is 19.1 Å². The Labute approximate surface area is 177 Å². The molecule has 0 aromatic carbocycles. The Balaban J connectivity index is 4.48. The fraction of sp³-hybridized carbons (Fsp3) is 0.923. The summed E-state index contributed by atoms with van der Waals surface area (Å²) in [4.78, 5) is 0. The lowest BCUT2D eigenvalue weighted by atomic mass is 9.87. The maximum Gasteiger partial charge on any atom is 0.174 e. The van der Waals surface area contributed by atoms with Crippen LogP contribution < -0.4 is 0 Å². The first-order chi connectivity index (χ1) is 13.7. The van der Waals surface area contributed by atoms with Crippen LogP contribution in [0.4, 0.5) is 0 Å². The molecule has 0 aliphatic rings. The van der Waals surface area contributed by atoms with Crippen molar-refractivity contribution in [2.75, 3.05) is 13.2 Å². The highest BCUT2D eigenvalue weighted by molar-refractivity contribution is 4.92. The van der Waals surface area contributed by atoms with Crippen molar-refractivity contribution in [2.45, 2.75) is 136 Å². The molecule has 0 heterocycles. The third-order valence-corrected chi connectivity index (χ3v) is 5.87. The van der Waals surface area contributed by atoms with E-state index < -0.39 is 5.79 Å². The molecule has 0 fully saturated rings. The monoisotopic (exact) mass is 396 g/mol. The lowest BCUT2D eigenvalue weighted by Gasteiger charge is -2.39. The molecule has 0 spiro atoms. The lowest BCUT2D eigenvalue weighted by molar-refractivity contribution is -0.260. The van der Waals surface area contributed by atoms with Gasteiger partial charge in [0.2, 0.25) is 0 Å². The zero-order valence-corrected chi connectivity index (χ0v) is 19.9. The standard InChI is InChI=1S/C26H52O2/c1-6-11-13-15-17-18-20-22-24-26(27-9-4,28-10-5)25(8-3)23-21-19-16-14-12-7-2/h8,25H,3,6-7,9-24H2,1-2,4-5H3. The molecule has 168 valence electrons. The molecular formula is C26H52O2. The fourth-order valence-electron chi connectivity index (χ4n) is 4.24. The smallest absolute Gasteiger partial charge is 0.174 e. The molecular weight excluding hydrogens is 344 g/mol. The highest BCUT2D eigenvalue weighted by Gasteiger charge is 2.38. The predicted octanol–water partition coefficient (Wildman–Crippen LogP) is 8.84. The molecule has 0 rings (SSSR count). The summed E-state index contributed by atoms with van der Waals surface area (Å²) in [6.07, 6.45) is 22.9. The van der Waals surface area contributed by atoms with Gasteiger partial charge in [-0.2, -0.15) is 0 Å². The van der Waals surface area contributed by atoms with E-state index >= 15 is 0 Å². The lowest BCUT2D eigenvalue weighted by Crippen LogP contribution is -2.43. The molecule has 0 aromatic heterocycles. The van der Waals surface area contributed by atoms with Gasteiger partial charge in [-0.05, 0) is 26.7 Å². The minimum Gasteiger partial charge on any atom is -0.350 e. The summed E-state index contributed by atoms with van der Waals surface area (Å²) in [5.41, 5.74) is 0. The Morgan fingerprint density at radius 1 is 0.643 bits per heavy atom. The van der Waals surface area contributed by atoms with Crippen molar-refractivity contribution in [3.05, 3.63) is 12.7 Å². The van der Waals surface area contributed by atoms with Crippen molar-refractivity contribution < 1.29 is 9.47 Å². The average molecular weight is 397 g/mol. The predicted molar refractivity (Wildman–Crippen MR) is 125 cm³/mol. The van der Waals surface area contributed by atoms with E-state index in [1.165, 1.54) is 89.9 Å². The fourth-order valence-corrected chi connectivity index (χ4v) is 4.24. The maximum absolute atomic E-state index is 6.28. The van der Waals surface area contributed by atoms with Crippen LogP contribution in [0, 0.1) is 5.92 Å². The Bertz CT molecular complexity index is 320. The van der Waals surface area contributed by atoms with E-state index in [9.17, 15) is 0 Å². The van der Waals surface area contributed by atoms with Crippen molar-refractivity contribution in [3.63, 3.8) is 0 Å². The molecule has 0 N–H and O–H groups in total. The first kappa shape index (κ1) is 27.7. The number of ether oxygens (including phenoxy) is 2. The summed E-state index contributed by atoms with van der Waals surface area (Å²) in [6.45, 7) is 14.3. The van der Waals surface area contributed by atoms with E-state index in [1.54, 1.807) is 0 Å². The van der Waals surface area contributed by atoms with Gasteiger partial charge in [-0.1, -0.05) is 103 Å². The second-order valence-electron chi connectivity index (χ2n) is 8.30. The van der Waals surface area contributed by atoms with Crippen molar-refractivity contribution in [2.24, 2.45) is 5.92 Å². The summed E-state index contributed by atoms with van der Waals surface area (Å²) >= 11 is 0. The molecule has 0 saturated heterocycles. The summed E-state index contributed by atoms with van der Waals surface area (Å²) in [7, 11) is 0. The van der Waals surface area contributed by atoms with Crippen molar-refractivity contribution in [1.29, 1.82) is 0 Å². The first-order valence-electron chi connectivity index (χ1n) is 12.6. The summed E-state index contributed by atoms with van der Waals surface area (Å²) in [5.74, 6) is -0.167. The van der Waals surface area contributed by atoms with Crippen LogP contribution >= 0.6 is 0 Å². The maximum atomic E-state index is 6.28. The van der Waals surface area contributed by atoms with Gasteiger partial charge in [0.1, 0.15) is 0 Å². The molecule has 2 nitrogen and oxygen atoms in total. The molecule has 0 aliphatic heterocycles. The molecule has 0 radical (unpaired) electrons. The minimum absolute atomic E-state index is 0.295. The number of unbranched alkanes of at least 4 members (excludes halogenated alkanes) is 12. The molecule has 0 aliphatic carbocycles. The van der Waals surface area contributed by atoms with E-state index in [4.69, 9.17) is 9.47 Å². The van der Waals surface area contributed by atoms with Gasteiger partial charge >= 0.3 is 0 Å². The number of hydrogen-bond acceptors (Lipinski definition) is 2. The summed E-state index contributed by atoms with van der Waals surface area (Å²) in [5, 5.41) is 0. The molecule has 2 heteroatoms. The number of rotatable bonds is 22. The van der Waals surface area contributed by atoms with Gasteiger partial charge < -0.3 is 9.47 Å². The Hall–Kier alpha value is -0.340. The van der Waals surface area contributed by atoms with Crippen molar-refractivity contribution in [3.8, 4) is 0 Å². The van der Waals surface area contributed by atoms with Crippen LogP contribution in [0.25, 0.3) is 0 Å². The van der Waals surface area contributed by atoms with E-state index in [-0.39, 0.29) is 0 Å². The van der Waals surface area contributed by atoms with Crippen LogP contribution in [0.15, 0.2) is 12.7 Å². The van der Waals surface area contributed by atoms with Crippen LogP contribution in [-0.2, 0) is 9.47 Å². The molecule has 1 unspecified atom stereocenters. The van der Waals surface area contributed by atoms with Gasteiger partial charge in [0.05, 0.1) is 0 Å². The highest BCUT2D eigenvalue weighted by atomic mass is 16.7. The third-order valence-electron chi connectivity index (χ3n) is 5.87. The zero-order valence-electron chi connectivity index (χ0n) is 19.9. The third kappa shape index (κ3) is 13.0. The van der Waals surface area contributed by atoms with E-state index in [2.05, 4.69) is 40.3 Å². The zero-order chi connectivity index (χ0) is 20.9. The Morgan fingerprint density at radius 2 is 1.07 bits per heavy atom. The summed E-state index contributed by atoms with van der Waals surface area (Å²) in [6, 6.07) is 0. The minimum atomic E-state index is -0.461. The van der Waals surface area contributed by atoms with Gasteiger partial charge in [-0.15, -0.1) is 6.58 Å². The average Bonchev–Trinajstić information content (AvgIpc) is 2.69. The quantitative estimate of drug-likeness (QED) is 0.103. The van der Waals surface area contributed by atoms with Crippen molar-refractivity contribution >= 4 is 0 Å². The van der Waals surface area contributed by atoms with Gasteiger partial charge in [0.25, 0.3) is 0 Å².